The Morgan fingerprint density at radius 1 is 0.838 bits per heavy atom. The summed E-state index contributed by atoms with van der Waals surface area (Å²) in [4.78, 5) is 24.3. The second kappa shape index (κ2) is 11.0. The lowest BCUT2D eigenvalue weighted by atomic mass is 9.69. The van der Waals surface area contributed by atoms with Crippen LogP contribution in [0.1, 0.15) is 113 Å². The summed E-state index contributed by atoms with van der Waals surface area (Å²) in [6.45, 7) is 19.5. The number of aryl methyl sites for hydroxylation is 3. The summed E-state index contributed by atoms with van der Waals surface area (Å²) in [6, 6.07) is 12.6. The zero-order valence-electron chi connectivity index (χ0n) is 24.5. The minimum Gasteiger partial charge on any atom is -0.480 e. The highest BCUT2D eigenvalue weighted by molar-refractivity contribution is 5.98. The van der Waals surface area contributed by atoms with E-state index in [0.717, 1.165) is 30.4 Å². The second-order valence-corrected chi connectivity index (χ2v) is 12.4. The van der Waals surface area contributed by atoms with Crippen LogP contribution < -0.4 is 5.32 Å². The van der Waals surface area contributed by atoms with E-state index in [-0.39, 0.29) is 16.7 Å². The van der Waals surface area contributed by atoms with E-state index in [1.165, 1.54) is 30.5 Å². The molecule has 0 heterocycles. The fourth-order valence-corrected chi connectivity index (χ4v) is 4.88. The fourth-order valence-electron chi connectivity index (χ4n) is 4.88. The number of hydrogen-bond donors (Lipinski definition) is 3. The number of carbonyl (C=O) groups excluding carboxylic acids is 1. The Kier molecular flexibility index (Phi) is 9.07. The normalized spacial score (nSPS) is 14.2. The van der Waals surface area contributed by atoms with E-state index in [1.54, 1.807) is 0 Å². The summed E-state index contributed by atoms with van der Waals surface area (Å²) in [5.41, 5.74) is 3.66. The minimum atomic E-state index is -1.35. The van der Waals surface area contributed by atoms with Crippen LogP contribution in [0.25, 0.3) is 0 Å². The molecule has 0 aliphatic carbocycles. The Hall–Kier alpha value is -2.66. The maximum atomic E-state index is 12.8. The minimum absolute atomic E-state index is 0.190. The molecule has 0 radical (unpaired) electrons. The predicted octanol–water partition coefficient (Wildman–Crippen LogP) is 6.73. The van der Waals surface area contributed by atoms with Crippen molar-refractivity contribution in [3.05, 3.63) is 69.8 Å². The molecular formula is C32H47NO4. The Labute approximate surface area is 223 Å². The molecule has 0 aromatic heterocycles. The number of aliphatic carboxylic acids is 1. The summed E-state index contributed by atoms with van der Waals surface area (Å²) < 4.78 is 0. The lowest BCUT2D eigenvalue weighted by molar-refractivity contribution is -0.143. The van der Waals surface area contributed by atoms with Gasteiger partial charge in [0.2, 0.25) is 0 Å². The molecule has 37 heavy (non-hydrogen) atoms. The zero-order chi connectivity index (χ0) is 28.4. The summed E-state index contributed by atoms with van der Waals surface area (Å²) in [6.07, 6.45) is 3.32. The van der Waals surface area contributed by atoms with E-state index in [0.29, 0.717) is 12.0 Å². The first-order valence-electron chi connectivity index (χ1n) is 13.4. The molecule has 1 amide bonds. The number of rotatable bonds is 10. The summed E-state index contributed by atoms with van der Waals surface area (Å²) >= 11 is 0. The molecule has 2 rings (SSSR count). The van der Waals surface area contributed by atoms with Crippen molar-refractivity contribution in [1.82, 2.24) is 5.32 Å². The van der Waals surface area contributed by atoms with Crippen molar-refractivity contribution in [1.29, 1.82) is 0 Å². The SMILES string of the molecule is CCC(CC)(c1ccc(CCC(C)(O)C(C)(C)C)c(C)c1)c1ccc(C(=O)NC(C)(C)C(=O)O)c(C)c1. The quantitative estimate of drug-likeness (QED) is 0.331. The third-order valence-electron chi connectivity index (χ3n) is 8.58. The fraction of sp³-hybridized carbons (Fsp3) is 0.562. The van der Waals surface area contributed by atoms with Gasteiger partial charge >= 0.3 is 5.97 Å². The summed E-state index contributed by atoms with van der Waals surface area (Å²) in [5.74, 6) is -1.46. The van der Waals surface area contributed by atoms with Crippen molar-refractivity contribution in [2.24, 2.45) is 5.41 Å². The average Bonchev–Trinajstić information content (AvgIpc) is 2.78. The number of nitrogens with one attached hydrogen (secondary N) is 1. The van der Waals surface area contributed by atoms with Crippen LogP contribution in [0.3, 0.4) is 0 Å². The Morgan fingerprint density at radius 2 is 1.35 bits per heavy atom. The van der Waals surface area contributed by atoms with Crippen LogP contribution in [0.15, 0.2) is 36.4 Å². The largest absolute Gasteiger partial charge is 0.480 e. The van der Waals surface area contributed by atoms with Gasteiger partial charge in [0.05, 0.1) is 5.60 Å². The van der Waals surface area contributed by atoms with Crippen molar-refractivity contribution in [3.8, 4) is 0 Å². The first kappa shape index (κ1) is 30.6. The third kappa shape index (κ3) is 6.43. The van der Waals surface area contributed by atoms with E-state index in [1.807, 2.05) is 26.0 Å². The maximum absolute atomic E-state index is 12.8. The average molecular weight is 510 g/mol. The molecule has 204 valence electrons. The highest BCUT2D eigenvalue weighted by Crippen LogP contribution is 2.41. The highest BCUT2D eigenvalue weighted by atomic mass is 16.4. The zero-order valence-corrected chi connectivity index (χ0v) is 24.5. The van der Waals surface area contributed by atoms with Gasteiger partial charge in [-0.2, -0.15) is 0 Å². The van der Waals surface area contributed by atoms with E-state index in [9.17, 15) is 19.8 Å². The summed E-state index contributed by atoms with van der Waals surface area (Å²) in [5, 5.41) is 22.9. The molecule has 5 nitrogen and oxygen atoms in total. The number of amides is 1. The summed E-state index contributed by atoms with van der Waals surface area (Å²) in [7, 11) is 0. The Morgan fingerprint density at radius 3 is 1.78 bits per heavy atom. The van der Waals surface area contributed by atoms with Gasteiger partial charge in [-0.3, -0.25) is 4.79 Å². The molecule has 0 fully saturated rings. The van der Waals surface area contributed by atoms with E-state index >= 15 is 0 Å². The molecule has 2 aromatic carbocycles. The van der Waals surface area contributed by atoms with Gasteiger partial charge in [0.1, 0.15) is 5.54 Å². The van der Waals surface area contributed by atoms with Crippen LogP contribution in [0.2, 0.25) is 0 Å². The highest BCUT2D eigenvalue weighted by Gasteiger charge is 2.36. The first-order valence-corrected chi connectivity index (χ1v) is 13.4. The molecule has 3 N–H and O–H groups in total. The number of hydrogen-bond acceptors (Lipinski definition) is 3. The molecule has 5 heteroatoms. The molecule has 0 aliphatic heterocycles. The van der Waals surface area contributed by atoms with Gasteiger partial charge in [0, 0.05) is 11.0 Å². The van der Waals surface area contributed by atoms with Gasteiger partial charge in [-0.15, -0.1) is 0 Å². The topological polar surface area (TPSA) is 86.6 Å². The third-order valence-corrected chi connectivity index (χ3v) is 8.58. The van der Waals surface area contributed by atoms with Gasteiger partial charge in [0.15, 0.2) is 0 Å². The molecular weight excluding hydrogens is 462 g/mol. The van der Waals surface area contributed by atoms with Crippen molar-refractivity contribution >= 4 is 11.9 Å². The van der Waals surface area contributed by atoms with Crippen LogP contribution in [0, 0.1) is 19.3 Å². The Bertz CT molecular complexity index is 1130. The van der Waals surface area contributed by atoms with Crippen LogP contribution in [-0.4, -0.2) is 33.2 Å². The number of carboxylic acids is 1. The van der Waals surface area contributed by atoms with Crippen LogP contribution in [0.4, 0.5) is 0 Å². The first-order chi connectivity index (χ1) is 16.9. The second-order valence-electron chi connectivity index (χ2n) is 12.4. The van der Waals surface area contributed by atoms with Crippen LogP contribution in [-0.2, 0) is 16.6 Å². The maximum Gasteiger partial charge on any atom is 0.328 e. The van der Waals surface area contributed by atoms with Gasteiger partial charge in [0.25, 0.3) is 5.91 Å². The van der Waals surface area contributed by atoms with Crippen LogP contribution >= 0.6 is 0 Å². The number of carbonyl (C=O) groups is 2. The lowest BCUT2D eigenvalue weighted by Crippen LogP contribution is -2.49. The molecule has 1 atom stereocenters. The van der Waals surface area contributed by atoms with Crippen molar-refractivity contribution in [2.75, 3.05) is 0 Å². The van der Waals surface area contributed by atoms with E-state index in [4.69, 9.17) is 0 Å². The Balaban J connectivity index is 2.40. The number of benzene rings is 2. The molecule has 0 saturated heterocycles. The molecule has 1 unspecified atom stereocenters. The van der Waals surface area contributed by atoms with E-state index < -0.39 is 17.1 Å². The van der Waals surface area contributed by atoms with E-state index in [2.05, 4.69) is 71.1 Å². The number of aliphatic hydroxyl groups is 1. The standard InChI is InChI=1S/C32H47NO4/c1-11-32(12-2,24-14-13-23(21(3)19-24)17-18-31(10,37)29(5,6)7)25-15-16-26(22(4)20-25)27(34)33-30(8,9)28(35)36/h13-16,19-20,37H,11-12,17-18H2,1-10H3,(H,33,34)(H,35,36). The molecule has 2 aromatic rings. The lowest BCUT2D eigenvalue weighted by Gasteiger charge is -2.37. The van der Waals surface area contributed by atoms with Crippen molar-refractivity contribution in [2.45, 2.75) is 111 Å². The van der Waals surface area contributed by atoms with Crippen molar-refractivity contribution in [3.63, 3.8) is 0 Å². The molecule has 0 aliphatic rings. The van der Waals surface area contributed by atoms with Gasteiger partial charge < -0.3 is 15.5 Å². The predicted molar refractivity (Wildman–Crippen MR) is 151 cm³/mol. The van der Waals surface area contributed by atoms with Crippen LogP contribution in [0.5, 0.6) is 0 Å². The molecule has 0 bridgehead atoms. The van der Waals surface area contributed by atoms with Crippen molar-refractivity contribution < 1.29 is 19.8 Å². The van der Waals surface area contributed by atoms with Gasteiger partial charge in [-0.05, 0) is 99.6 Å². The monoisotopic (exact) mass is 509 g/mol. The smallest absolute Gasteiger partial charge is 0.328 e. The van der Waals surface area contributed by atoms with Gasteiger partial charge in [-0.1, -0.05) is 65.0 Å². The molecule has 0 spiro atoms. The molecule has 0 saturated carbocycles. The number of carboxylic acid groups (broad SMARTS) is 1. The van der Waals surface area contributed by atoms with Gasteiger partial charge in [-0.25, -0.2) is 4.79 Å².